The Morgan fingerprint density at radius 1 is 1.03 bits per heavy atom. The number of rotatable bonds is 2. The molecule has 0 bridgehead atoms. The standard InChI is InChI=1S/C25H20N4O/c1-16-5-10-23(28-25(30)21-9-8-18-3-2-4-20(18)12-21)13-19(16)7-6-17-11-22-15-27-29-24(22)26-14-17/h5,8-15H,2-4H2,1H3,(H,28,30)(H,26,27,29). The van der Waals surface area contributed by atoms with Gasteiger partial charge in [0, 0.05) is 34.0 Å². The van der Waals surface area contributed by atoms with E-state index in [1.54, 1.807) is 12.4 Å². The highest BCUT2D eigenvalue weighted by atomic mass is 16.1. The number of pyridine rings is 1. The summed E-state index contributed by atoms with van der Waals surface area (Å²) in [5.41, 5.74) is 7.57. The molecule has 0 fully saturated rings. The van der Waals surface area contributed by atoms with Crippen molar-refractivity contribution < 1.29 is 4.79 Å². The number of aromatic amines is 1. The molecule has 1 aliphatic rings. The Balaban J connectivity index is 1.37. The summed E-state index contributed by atoms with van der Waals surface area (Å²) in [4.78, 5) is 17.0. The van der Waals surface area contributed by atoms with Crippen LogP contribution in [0.3, 0.4) is 0 Å². The monoisotopic (exact) mass is 392 g/mol. The van der Waals surface area contributed by atoms with Gasteiger partial charge in [-0.15, -0.1) is 0 Å². The molecule has 0 atom stereocenters. The molecule has 2 N–H and O–H groups in total. The van der Waals surface area contributed by atoms with Crippen molar-refractivity contribution in [2.75, 3.05) is 5.32 Å². The molecule has 146 valence electrons. The van der Waals surface area contributed by atoms with Gasteiger partial charge in [0.2, 0.25) is 0 Å². The maximum Gasteiger partial charge on any atom is 0.255 e. The van der Waals surface area contributed by atoms with E-state index in [1.165, 1.54) is 17.5 Å². The summed E-state index contributed by atoms with van der Waals surface area (Å²) in [5.74, 6) is 6.26. The maximum atomic E-state index is 12.7. The van der Waals surface area contributed by atoms with Crippen molar-refractivity contribution in [1.82, 2.24) is 15.2 Å². The van der Waals surface area contributed by atoms with Crippen molar-refractivity contribution in [2.45, 2.75) is 26.2 Å². The van der Waals surface area contributed by atoms with Crippen molar-refractivity contribution in [1.29, 1.82) is 0 Å². The van der Waals surface area contributed by atoms with Gasteiger partial charge in [-0.2, -0.15) is 5.10 Å². The molecule has 4 aromatic rings. The van der Waals surface area contributed by atoms with E-state index in [0.717, 1.165) is 46.3 Å². The molecule has 0 radical (unpaired) electrons. The zero-order valence-electron chi connectivity index (χ0n) is 16.6. The summed E-state index contributed by atoms with van der Waals surface area (Å²) in [6.07, 6.45) is 6.79. The van der Waals surface area contributed by atoms with E-state index >= 15 is 0 Å². The topological polar surface area (TPSA) is 70.7 Å². The molecule has 0 spiro atoms. The van der Waals surface area contributed by atoms with Crippen LogP contribution in [0, 0.1) is 18.8 Å². The second-order valence-corrected chi connectivity index (χ2v) is 7.60. The fourth-order valence-electron chi connectivity index (χ4n) is 3.80. The Morgan fingerprint density at radius 2 is 1.93 bits per heavy atom. The van der Waals surface area contributed by atoms with Crippen molar-refractivity contribution in [3.05, 3.63) is 88.2 Å². The second-order valence-electron chi connectivity index (χ2n) is 7.60. The molecule has 0 saturated carbocycles. The van der Waals surface area contributed by atoms with Crippen molar-refractivity contribution in [3.8, 4) is 11.8 Å². The molecule has 0 aliphatic heterocycles. The zero-order valence-corrected chi connectivity index (χ0v) is 16.6. The van der Waals surface area contributed by atoms with Gasteiger partial charge in [0.1, 0.15) is 0 Å². The molecule has 5 heteroatoms. The largest absolute Gasteiger partial charge is 0.322 e. The van der Waals surface area contributed by atoms with E-state index in [9.17, 15) is 4.79 Å². The number of hydrogen-bond donors (Lipinski definition) is 2. The Kier molecular flexibility index (Phi) is 4.53. The van der Waals surface area contributed by atoms with E-state index < -0.39 is 0 Å². The van der Waals surface area contributed by atoms with Gasteiger partial charge in [0.15, 0.2) is 5.65 Å². The summed E-state index contributed by atoms with van der Waals surface area (Å²) in [6, 6.07) is 13.8. The second kappa shape index (κ2) is 7.49. The number of aryl methyl sites for hydroxylation is 3. The molecule has 2 heterocycles. The molecule has 0 saturated heterocycles. The predicted octanol–water partition coefficient (Wildman–Crippen LogP) is 4.41. The predicted molar refractivity (Wildman–Crippen MR) is 117 cm³/mol. The summed E-state index contributed by atoms with van der Waals surface area (Å²) in [7, 11) is 0. The molecule has 5 rings (SSSR count). The van der Waals surface area contributed by atoms with E-state index in [4.69, 9.17) is 0 Å². The summed E-state index contributed by atoms with van der Waals surface area (Å²) >= 11 is 0. The maximum absolute atomic E-state index is 12.7. The summed E-state index contributed by atoms with van der Waals surface area (Å²) in [5, 5.41) is 10.7. The number of H-pyrrole nitrogens is 1. The zero-order chi connectivity index (χ0) is 20.5. The Morgan fingerprint density at radius 3 is 2.87 bits per heavy atom. The van der Waals surface area contributed by atoms with Crippen molar-refractivity contribution >= 4 is 22.6 Å². The van der Waals surface area contributed by atoms with E-state index in [0.29, 0.717) is 5.56 Å². The van der Waals surface area contributed by atoms with Crippen LogP contribution in [0.4, 0.5) is 5.69 Å². The molecule has 5 nitrogen and oxygen atoms in total. The highest BCUT2D eigenvalue weighted by molar-refractivity contribution is 6.04. The SMILES string of the molecule is Cc1ccc(NC(=O)c2ccc3c(c2)CCC3)cc1C#Cc1cnc2[nH]ncc2c1. The average Bonchev–Trinajstić information content (AvgIpc) is 3.42. The number of aromatic nitrogens is 3. The Labute approximate surface area is 174 Å². The molecule has 1 aliphatic carbocycles. The van der Waals surface area contributed by atoms with Crippen LogP contribution in [0.1, 0.15) is 44.6 Å². The number of amides is 1. The average molecular weight is 392 g/mol. The molecule has 2 aromatic heterocycles. The molecule has 1 amide bonds. The van der Waals surface area contributed by atoms with Gasteiger partial charge in [0.25, 0.3) is 5.91 Å². The molecule has 30 heavy (non-hydrogen) atoms. The van der Waals surface area contributed by atoms with Crippen LogP contribution in [0.15, 0.2) is 54.9 Å². The van der Waals surface area contributed by atoms with Crippen LogP contribution in [0.5, 0.6) is 0 Å². The third kappa shape index (κ3) is 3.56. The van der Waals surface area contributed by atoms with Gasteiger partial charge < -0.3 is 5.32 Å². The number of carbonyl (C=O) groups excluding carboxylic acids is 1. The third-order valence-corrected chi connectivity index (χ3v) is 5.49. The van der Waals surface area contributed by atoms with Crippen LogP contribution in [0.25, 0.3) is 11.0 Å². The molecular formula is C25H20N4O. The van der Waals surface area contributed by atoms with Crippen LogP contribution < -0.4 is 5.32 Å². The highest BCUT2D eigenvalue weighted by Crippen LogP contribution is 2.23. The van der Waals surface area contributed by atoms with Crippen molar-refractivity contribution in [3.63, 3.8) is 0 Å². The lowest BCUT2D eigenvalue weighted by Gasteiger charge is -2.09. The Bertz CT molecular complexity index is 1340. The van der Waals surface area contributed by atoms with Gasteiger partial charge in [-0.05, 0) is 73.2 Å². The minimum Gasteiger partial charge on any atom is -0.322 e. The smallest absolute Gasteiger partial charge is 0.255 e. The lowest BCUT2D eigenvalue weighted by Crippen LogP contribution is -2.12. The van der Waals surface area contributed by atoms with E-state index in [-0.39, 0.29) is 5.91 Å². The van der Waals surface area contributed by atoms with Crippen LogP contribution in [-0.2, 0) is 12.8 Å². The first-order valence-electron chi connectivity index (χ1n) is 10.0. The lowest BCUT2D eigenvalue weighted by molar-refractivity contribution is 0.102. The van der Waals surface area contributed by atoms with Crippen molar-refractivity contribution in [2.24, 2.45) is 0 Å². The number of nitrogens with one attached hydrogen (secondary N) is 2. The minimum atomic E-state index is -0.0953. The van der Waals surface area contributed by atoms with Crippen LogP contribution in [0.2, 0.25) is 0 Å². The normalized spacial score (nSPS) is 12.3. The molecule has 2 aromatic carbocycles. The van der Waals surface area contributed by atoms with E-state index in [2.05, 4.69) is 38.4 Å². The number of hydrogen-bond acceptors (Lipinski definition) is 3. The fourth-order valence-corrected chi connectivity index (χ4v) is 3.80. The number of carbonyl (C=O) groups is 1. The number of fused-ring (bicyclic) bond motifs is 2. The fraction of sp³-hybridized carbons (Fsp3) is 0.160. The van der Waals surface area contributed by atoms with Crippen LogP contribution in [-0.4, -0.2) is 21.1 Å². The number of benzene rings is 2. The number of anilines is 1. The Hall–Kier alpha value is -3.91. The first kappa shape index (κ1) is 18.1. The van der Waals surface area contributed by atoms with Gasteiger partial charge in [-0.25, -0.2) is 4.98 Å². The van der Waals surface area contributed by atoms with Gasteiger partial charge in [-0.1, -0.05) is 24.0 Å². The number of nitrogens with zero attached hydrogens (tertiary/aromatic N) is 2. The van der Waals surface area contributed by atoms with Gasteiger partial charge in [0.05, 0.1) is 6.20 Å². The summed E-state index contributed by atoms with van der Waals surface area (Å²) < 4.78 is 0. The highest BCUT2D eigenvalue weighted by Gasteiger charge is 2.14. The molecule has 0 unspecified atom stereocenters. The van der Waals surface area contributed by atoms with Crippen LogP contribution >= 0.6 is 0 Å². The molecular weight excluding hydrogens is 372 g/mol. The van der Waals surface area contributed by atoms with E-state index in [1.807, 2.05) is 43.3 Å². The third-order valence-electron chi connectivity index (χ3n) is 5.49. The first-order valence-corrected chi connectivity index (χ1v) is 10.0. The quantitative estimate of drug-likeness (QED) is 0.497. The van der Waals surface area contributed by atoms with Gasteiger partial charge >= 0.3 is 0 Å². The minimum absolute atomic E-state index is 0.0953. The van der Waals surface area contributed by atoms with Gasteiger partial charge in [-0.3, -0.25) is 9.89 Å². The first-order chi connectivity index (χ1) is 14.7. The summed E-state index contributed by atoms with van der Waals surface area (Å²) in [6.45, 7) is 2.01. The lowest BCUT2D eigenvalue weighted by atomic mass is 10.1.